The van der Waals surface area contributed by atoms with Crippen LogP contribution in [0.2, 0.25) is 0 Å². The van der Waals surface area contributed by atoms with Crippen molar-refractivity contribution in [3.63, 3.8) is 0 Å². The normalized spacial score (nSPS) is 24.0. The molecule has 0 radical (unpaired) electrons. The number of hydrogen-bond donors (Lipinski definition) is 2. The van der Waals surface area contributed by atoms with E-state index in [1.807, 2.05) is 12.1 Å². The summed E-state index contributed by atoms with van der Waals surface area (Å²) < 4.78 is 6.24. The molecule has 2 N–H and O–H groups in total. The number of nitrogens with one attached hydrogen (secondary N) is 1. The number of amides is 4. The molecule has 4 aliphatic rings. The highest BCUT2D eigenvalue weighted by molar-refractivity contribution is 6.23. The molecule has 4 amide bonds. The van der Waals surface area contributed by atoms with Gasteiger partial charge in [-0.05, 0) is 81.5 Å². The molecule has 0 bridgehead atoms. The van der Waals surface area contributed by atoms with Crippen LogP contribution in [0.25, 0.3) is 0 Å². The van der Waals surface area contributed by atoms with Crippen molar-refractivity contribution in [2.45, 2.75) is 76.6 Å². The number of carboxylic acids is 1. The first-order chi connectivity index (χ1) is 21.1. The molecule has 3 heterocycles. The van der Waals surface area contributed by atoms with Gasteiger partial charge in [0.25, 0.3) is 11.8 Å². The zero-order valence-electron chi connectivity index (χ0n) is 25.0. The first-order valence-electron chi connectivity index (χ1n) is 15.5. The lowest BCUT2D eigenvalue weighted by molar-refractivity contribution is -0.136. The van der Waals surface area contributed by atoms with Crippen LogP contribution in [0.3, 0.4) is 0 Å². The van der Waals surface area contributed by atoms with E-state index < -0.39 is 35.6 Å². The van der Waals surface area contributed by atoms with Crippen molar-refractivity contribution in [1.29, 1.82) is 0 Å². The minimum atomic E-state index is -0.989. The van der Waals surface area contributed by atoms with Crippen molar-refractivity contribution in [3.05, 3.63) is 59.2 Å². The molecule has 2 aromatic carbocycles. The Morgan fingerprint density at radius 3 is 2.30 bits per heavy atom. The first kappa shape index (κ1) is 29.8. The van der Waals surface area contributed by atoms with Crippen LogP contribution in [0, 0.1) is 5.92 Å². The summed E-state index contributed by atoms with van der Waals surface area (Å²) in [6, 6.07) is 11.8. The van der Waals surface area contributed by atoms with Gasteiger partial charge in [0.1, 0.15) is 17.9 Å². The third-order valence-corrected chi connectivity index (χ3v) is 9.48. The zero-order valence-corrected chi connectivity index (χ0v) is 25.0. The number of fused-ring (bicyclic) bond motifs is 1. The van der Waals surface area contributed by atoms with Crippen molar-refractivity contribution < 1.29 is 33.8 Å². The van der Waals surface area contributed by atoms with E-state index in [1.165, 1.54) is 0 Å². The minimum Gasteiger partial charge on any atom is -0.490 e. The summed E-state index contributed by atoms with van der Waals surface area (Å²) in [7, 11) is 0. The lowest BCUT2D eigenvalue weighted by Crippen LogP contribution is -2.54. The standard InChI is InChI=1S/C33H38N4O7/c1-19(2)36(18-20-11-13-35(14-12-20)22-5-3-21(4-6-22)33(42)43)23-15-25(16-23)44-24-7-8-26-27(17-24)32(41)37(31(26)40)28-9-10-29(38)34-30(28)39/h3-8,17,19-20,23,25,28H,9-16,18H2,1-2H3,(H,42,43)(H,34,38,39). The predicted molar refractivity (Wildman–Crippen MR) is 161 cm³/mol. The van der Waals surface area contributed by atoms with E-state index in [1.54, 1.807) is 30.3 Å². The molecule has 1 aliphatic carbocycles. The molecule has 3 fully saturated rings. The van der Waals surface area contributed by atoms with Crippen molar-refractivity contribution in [2.75, 3.05) is 24.5 Å². The highest BCUT2D eigenvalue weighted by atomic mass is 16.5. The molecule has 2 aromatic rings. The maximum absolute atomic E-state index is 13.2. The van der Waals surface area contributed by atoms with Gasteiger partial charge in [0, 0.05) is 56.7 Å². The first-order valence-corrected chi connectivity index (χ1v) is 15.5. The molecule has 1 atom stereocenters. The van der Waals surface area contributed by atoms with Gasteiger partial charge >= 0.3 is 5.97 Å². The monoisotopic (exact) mass is 602 g/mol. The Balaban J connectivity index is 1.01. The van der Waals surface area contributed by atoms with Gasteiger partial charge in [-0.3, -0.25) is 34.3 Å². The molecule has 1 unspecified atom stereocenters. The summed E-state index contributed by atoms with van der Waals surface area (Å²) in [4.78, 5) is 67.0. The van der Waals surface area contributed by atoms with Gasteiger partial charge in [-0.2, -0.15) is 0 Å². The Morgan fingerprint density at radius 1 is 0.977 bits per heavy atom. The lowest BCUT2D eigenvalue weighted by Gasteiger charge is -2.46. The Kier molecular flexibility index (Phi) is 8.15. The zero-order chi connectivity index (χ0) is 31.1. The van der Waals surface area contributed by atoms with Crippen LogP contribution in [0.1, 0.15) is 83.4 Å². The number of carbonyl (C=O) groups is 5. The van der Waals surface area contributed by atoms with E-state index in [-0.39, 0.29) is 30.1 Å². The number of aromatic carboxylic acids is 1. The van der Waals surface area contributed by atoms with E-state index in [0.29, 0.717) is 29.3 Å². The molecule has 232 valence electrons. The van der Waals surface area contributed by atoms with Gasteiger partial charge in [-0.1, -0.05) is 0 Å². The van der Waals surface area contributed by atoms with Crippen LogP contribution < -0.4 is 15.0 Å². The number of carbonyl (C=O) groups excluding carboxylic acids is 4. The fourth-order valence-corrected chi connectivity index (χ4v) is 6.89. The highest BCUT2D eigenvalue weighted by Crippen LogP contribution is 2.35. The van der Waals surface area contributed by atoms with E-state index in [4.69, 9.17) is 9.84 Å². The quantitative estimate of drug-likeness (QED) is 0.414. The van der Waals surface area contributed by atoms with Gasteiger partial charge in [0.05, 0.1) is 16.7 Å². The maximum atomic E-state index is 13.2. The third-order valence-electron chi connectivity index (χ3n) is 9.48. The van der Waals surface area contributed by atoms with Crippen molar-refractivity contribution in [3.8, 4) is 5.75 Å². The van der Waals surface area contributed by atoms with Gasteiger partial charge in [0.15, 0.2) is 0 Å². The highest BCUT2D eigenvalue weighted by Gasteiger charge is 2.45. The Bertz CT molecular complexity index is 1480. The van der Waals surface area contributed by atoms with Crippen LogP contribution in [0.4, 0.5) is 5.69 Å². The largest absolute Gasteiger partial charge is 0.490 e. The molecule has 6 rings (SSSR count). The summed E-state index contributed by atoms with van der Waals surface area (Å²) in [6.45, 7) is 7.36. The fourth-order valence-electron chi connectivity index (χ4n) is 6.89. The fraction of sp³-hybridized carbons (Fsp3) is 0.485. The Hall–Kier alpha value is -4.25. The molecule has 3 aliphatic heterocycles. The lowest BCUT2D eigenvalue weighted by atomic mass is 9.85. The van der Waals surface area contributed by atoms with Crippen molar-refractivity contribution >= 4 is 35.3 Å². The third kappa shape index (κ3) is 5.80. The number of anilines is 1. The van der Waals surface area contributed by atoms with Crippen molar-refractivity contribution in [1.82, 2.24) is 15.1 Å². The number of ether oxygens (including phenoxy) is 1. The van der Waals surface area contributed by atoms with Crippen LogP contribution in [0.5, 0.6) is 5.75 Å². The SMILES string of the molecule is CC(C)N(CC1CCN(c2ccc(C(=O)O)cc2)CC1)C1CC(Oc2ccc3c(c2)C(=O)N(C2CCC(=O)NC2=O)C3=O)C1. The van der Waals surface area contributed by atoms with E-state index in [2.05, 4.69) is 29.0 Å². The van der Waals surface area contributed by atoms with E-state index in [9.17, 15) is 24.0 Å². The number of hydrogen-bond acceptors (Lipinski definition) is 8. The van der Waals surface area contributed by atoms with Crippen LogP contribution in [-0.4, -0.2) is 88.4 Å². The number of benzene rings is 2. The molecule has 0 spiro atoms. The Morgan fingerprint density at radius 2 is 1.66 bits per heavy atom. The molecule has 2 saturated heterocycles. The smallest absolute Gasteiger partial charge is 0.335 e. The van der Waals surface area contributed by atoms with E-state index >= 15 is 0 Å². The summed E-state index contributed by atoms with van der Waals surface area (Å²) in [5.74, 6) is -1.89. The van der Waals surface area contributed by atoms with Gasteiger partial charge in [0.2, 0.25) is 11.8 Å². The molecule has 0 aromatic heterocycles. The van der Waals surface area contributed by atoms with Gasteiger partial charge < -0.3 is 14.7 Å². The van der Waals surface area contributed by atoms with Crippen molar-refractivity contribution in [2.24, 2.45) is 5.92 Å². The summed E-state index contributed by atoms with van der Waals surface area (Å²) in [5.41, 5.74) is 1.83. The van der Waals surface area contributed by atoms with Gasteiger partial charge in [-0.25, -0.2) is 4.79 Å². The number of carboxylic acid groups (broad SMARTS) is 1. The summed E-state index contributed by atoms with van der Waals surface area (Å²) in [5, 5.41) is 11.4. The predicted octanol–water partition coefficient (Wildman–Crippen LogP) is 3.32. The molecular formula is C33H38N4O7. The average molecular weight is 603 g/mol. The number of nitrogens with zero attached hydrogens (tertiary/aromatic N) is 3. The molecular weight excluding hydrogens is 564 g/mol. The van der Waals surface area contributed by atoms with Gasteiger partial charge in [-0.15, -0.1) is 0 Å². The summed E-state index contributed by atoms with van der Waals surface area (Å²) >= 11 is 0. The Labute approximate surface area is 256 Å². The average Bonchev–Trinajstić information content (AvgIpc) is 3.23. The second kappa shape index (κ2) is 12.0. The topological polar surface area (TPSA) is 137 Å². The minimum absolute atomic E-state index is 0.00775. The summed E-state index contributed by atoms with van der Waals surface area (Å²) in [6.07, 6.45) is 4.12. The van der Waals surface area contributed by atoms with Crippen LogP contribution in [-0.2, 0) is 9.59 Å². The van der Waals surface area contributed by atoms with Crippen LogP contribution >= 0.6 is 0 Å². The second-order valence-electron chi connectivity index (χ2n) is 12.6. The number of rotatable bonds is 9. The molecule has 11 nitrogen and oxygen atoms in total. The molecule has 11 heteroatoms. The number of imide groups is 2. The molecule has 1 saturated carbocycles. The van der Waals surface area contributed by atoms with Crippen LogP contribution in [0.15, 0.2) is 42.5 Å². The maximum Gasteiger partial charge on any atom is 0.335 e. The molecule has 44 heavy (non-hydrogen) atoms. The van der Waals surface area contributed by atoms with E-state index in [0.717, 1.165) is 55.9 Å². The number of piperidine rings is 2. The second-order valence-corrected chi connectivity index (χ2v) is 12.6.